The Hall–Kier alpha value is -2.34. The summed E-state index contributed by atoms with van der Waals surface area (Å²) in [6.45, 7) is 5.82. The van der Waals surface area contributed by atoms with Crippen molar-refractivity contribution in [2.75, 3.05) is 0 Å². The quantitative estimate of drug-likeness (QED) is 0.830. The summed E-state index contributed by atoms with van der Waals surface area (Å²) in [5, 5.41) is 9.12. The van der Waals surface area contributed by atoms with Crippen LogP contribution in [0.2, 0.25) is 0 Å². The molecule has 0 aliphatic rings. The molecule has 0 bridgehead atoms. The molecular formula is C15H14N2O. The molecule has 3 nitrogen and oxygen atoms in total. The maximum absolute atomic E-state index is 11.8. The zero-order valence-corrected chi connectivity index (χ0v) is 10.7. The van der Waals surface area contributed by atoms with Crippen LogP contribution in [-0.2, 0) is 0 Å². The number of hydrogen-bond acceptors (Lipinski definition) is 2. The first-order valence-electron chi connectivity index (χ1n) is 5.74. The third-order valence-electron chi connectivity index (χ3n) is 2.81. The van der Waals surface area contributed by atoms with Gasteiger partial charge in [0.05, 0.1) is 0 Å². The van der Waals surface area contributed by atoms with E-state index in [1.807, 2.05) is 45.0 Å². The molecule has 1 aromatic carbocycles. The van der Waals surface area contributed by atoms with E-state index < -0.39 is 0 Å². The summed E-state index contributed by atoms with van der Waals surface area (Å²) in [6.07, 6.45) is 0. The van der Waals surface area contributed by atoms with Gasteiger partial charge < -0.3 is 4.98 Å². The third kappa shape index (κ3) is 2.18. The van der Waals surface area contributed by atoms with Crippen molar-refractivity contribution in [3.63, 3.8) is 0 Å². The Kier molecular flexibility index (Phi) is 3.03. The number of pyridine rings is 1. The minimum absolute atomic E-state index is 0.172. The number of aromatic amines is 1. The van der Waals surface area contributed by atoms with Crippen LogP contribution >= 0.6 is 0 Å². The summed E-state index contributed by atoms with van der Waals surface area (Å²) in [7, 11) is 0. The van der Waals surface area contributed by atoms with E-state index in [4.69, 9.17) is 5.26 Å². The lowest BCUT2D eigenvalue weighted by Gasteiger charge is -2.07. The van der Waals surface area contributed by atoms with Gasteiger partial charge in [-0.3, -0.25) is 4.79 Å². The molecule has 0 aliphatic carbocycles. The lowest BCUT2D eigenvalue weighted by Crippen LogP contribution is -2.12. The number of aromatic nitrogens is 1. The van der Waals surface area contributed by atoms with Crippen LogP contribution in [0, 0.1) is 32.1 Å². The number of H-pyrrole nitrogens is 1. The summed E-state index contributed by atoms with van der Waals surface area (Å²) in [4.78, 5) is 14.4. The SMILES string of the molecule is Cc1cc(C)cc(-c2cc(C)[nH]c(=O)c2C#N)c1. The number of benzene rings is 1. The van der Waals surface area contributed by atoms with Crippen molar-refractivity contribution in [2.45, 2.75) is 20.8 Å². The molecule has 0 radical (unpaired) electrons. The van der Waals surface area contributed by atoms with Gasteiger partial charge in [0.25, 0.3) is 5.56 Å². The zero-order valence-electron chi connectivity index (χ0n) is 10.7. The highest BCUT2D eigenvalue weighted by atomic mass is 16.1. The van der Waals surface area contributed by atoms with E-state index in [0.29, 0.717) is 5.56 Å². The van der Waals surface area contributed by atoms with Gasteiger partial charge in [0.2, 0.25) is 0 Å². The zero-order chi connectivity index (χ0) is 13.3. The number of hydrogen-bond donors (Lipinski definition) is 1. The Morgan fingerprint density at radius 3 is 2.22 bits per heavy atom. The molecule has 0 fully saturated rings. The molecule has 0 saturated carbocycles. The molecule has 1 N–H and O–H groups in total. The van der Waals surface area contributed by atoms with Crippen molar-refractivity contribution in [1.29, 1.82) is 5.26 Å². The van der Waals surface area contributed by atoms with Gasteiger partial charge in [0, 0.05) is 11.3 Å². The largest absolute Gasteiger partial charge is 0.325 e. The number of rotatable bonds is 1. The van der Waals surface area contributed by atoms with Crippen LogP contribution in [0.4, 0.5) is 0 Å². The summed E-state index contributed by atoms with van der Waals surface area (Å²) >= 11 is 0. The smallest absolute Gasteiger partial charge is 0.266 e. The van der Waals surface area contributed by atoms with Crippen LogP contribution in [0.1, 0.15) is 22.4 Å². The Bertz CT molecular complexity index is 685. The number of nitrogens with one attached hydrogen (secondary N) is 1. The van der Waals surface area contributed by atoms with Crippen molar-refractivity contribution < 1.29 is 0 Å². The molecule has 90 valence electrons. The van der Waals surface area contributed by atoms with Gasteiger partial charge in [-0.1, -0.05) is 29.3 Å². The highest BCUT2D eigenvalue weighted by molar-refractivity contribution is 5.71. The molecule has 3 heteroatoms. The Morgan fingerprint density at radius 2 is 1.67 bits per heavy atom. The van der Waals surface area contributed by atoms with Gasteiger partial charge >= 0.3 is 0 Å². The molecule has 2 rings (SSSR count). The topological polar surface area (TPSA) is 56.6 Å². The Labute approximate surface area is 106 Å². The summed E-state index contributed by atoms with van der Waals surface area (Å²) in [5.74, 6) is 0. The predicted octanol–water partition coefficient (Wildman–Crippen LogP) is 2.84. The number of aryl methyl sites for hydroxylation is 3. The number of nitrogens with zero attached hydrogens (tertiary/aromatic N) is 1. The van der Waals surface area contributed by atoms with Crippen molar-refractivity contribution in [3.05, 3.63) is 57.0 Å². The maximum atomic E-state index is 11.8. The van der Waals surface area contributed by atoms with Gasteiger partial charge in [0.1, 0.15) is 11.6 Å². The Balaban J connectivity index is 2.78. The first-order chi connectivity index (χ1) is 8.51. The normalized spacial score (nSPS) is 10.1. The van der Waals surface area contributed by atoms with E-state index in [0.717, 1.165) is 22.4 Å². The maximum Gasteiger partial charge on any atom is 0.266 e. The lowest BCUT2D eigenvalue weighted by atomic mass is 9.97. The number of nitriles is 1. The summed E-state index contributed by atoms with van der Waals surface area (Å²) < 4.78 is 0. The van der Waals surface area contributed by atoms with Crippen LogP contribution in [0.15, 0.2) is 29.1 Å². The molecule has 1 heterocycles. The minimum Gasteiger partial charge on any atom is -0.325 e. The second-order valence-corrected chi connectivity index (χ2v) is 4.56. The van der Waals surface area contributed by atoms with E-state index in [2.05, 4.69) is 11.1 Å². The van der Waals surface area contributed by atoms with Crippen molar-refractivity contribution in [3.8, 4) is 17.2 Å². The fourth-order valence-electron chi connectivity index (χ4n) is 2.16. The van der Waals surface area contributed by atoms with Crippen molar-refractivity contribution >= 4 is 0 Å². The minimum atomic E-state index is -0.327. The fraction of sp³-hybridized carbons (Fsp3) is 0.200. The molecule has 0 aliphatic heterocycles. The molecule has 18 heavy (non-hydrogen) atoms. The van der Waals surface area contributed by atoms with Crippen LogP contribution in [-0.4, -0.2) is 4.98 Å². The van der Waals surface area contributed by atoms with Gasteiger partial charge in [-0.05, 0) is 32.4 Å². The van der Waals surface area contributed by atoms with E-state index >= 15 is 0 Å². The van der Waals surface area contributed by atoms with Crippen LogP contribution < -0.4 is 5.56 Å². The molecule has 1 aromatic heterocycles. The van der Waals surface area contributed by atoms with Crippen LogP contribution in [0.5, 0.6) is 0 Å². The van der Waals surface area contributed by atoms with E-state index in [-0.39, 0.29) is 11.1 Å². The van der Waals surface area contributed by atoms with Crippen LogP contribution in [0.25, 0.3) is 11.1 Å². The van der Waals surface area contributed by atoms with Gasteiger partial charge in [-0.2, -0.15) is 5.26 Å². The van der Waals surface area contributed by atoms with Gasteiger partial charge in [-0.15, -0.1) is 0 Å². The highest BCUT2D eigenvalue weighted by Gasteiger charge is 2.10. The third-order valence-corrected chi connectivity index (χ3v) is 2.81. The molecule has 2 aromatic rings. The van der Waals surface area contributed by atoms with E-state index in [1.54, 1.807) is 0 Å². The van der Waals surface area contributed by atoms with E-state index in [9.17, 15) is 4.79 Å². The average molecular weight is 238 g/mol. The monoisotopic (exact) mass is 238 g/mol. The average Bonchev–Trinajstić information content (AvgIpc) is 2.26. The standard InChI is InChI=1S/C15H14N2O/c1-9-4-10(2)6-12(5-9)13-7-11(3)17-15(18)14(13)8-16/h4-7H,1-3H3,(H,17,18). The van der Waals surface area contributed by atoms with Crippen molar-refractivity contribution in [1.82, 2.24) is 4.98 Å². The predicted molar refractivity (Wildman–Crippen MR) is 71.4 cm³/mol. The lowest BCUT2D eigenvalue weighted by molar-refractivity contribution is 1.13. The van der Waals surface area contributed by atoms with Crippen molar-refractivity contribution in [2.24, 2.45) is 0 Å². The molecule has 0 saturated heterocycles. The molecule has 0 amide bonds. The second-order valence-electron chi connectivity index (χ2n) is 4.56. The molecular weight excluding hydrogens is 224 g/mol. The van der Waals surface area contributed by atoms with E-state index in [1.165, 1.54) is 0 Å². The molecule has 0 spiro atoms. The molecule has 0 unspecified atom stereocenters. The highest BCUT2D eigenvalue weighted by Crippen LogP contribution is 2.24. The fourth-order valence-corrected chi connectivity index (χ4v) is 2.16. The van der Waals surface area contributed by atoms with Gasteiger partial charge in [-0.25, -0.2) is 0 Å². The second kappa shape index (κ2) is 4.50. The first kappa shape index (κ1) is 12.1. The Morgan fingerprint density at radius 1 is 1.06 bits per heavy atom. The molecule has 0 atom stereocenters. The summed E-state index contributed by atoms with van der Waals surface area (Å²) in [5.41, 5.74) is 4.45. The van der Waals surface area contributed by atoms with Crippen LogP contribution in [0.3, 0.4) is 0 Å². The first-order valence-corrected chi connectivity index (χ1v) is 5.74. The van der Waals surface area contributed by atoms with Gasteiger partial charge in [0.15, 0.2) is 0 Å². The summed E-state index contributed by atoms with van der Waals surface area (Å²) in [6, 6.07) is 9.87.